The van der Waals surface area contributed by atoms with Crippen LogP contribution < -0.4 is 10.6 Å². The molecule has 0 saturated heterocycles. The van der Waals surface area contributed by atoms with Crippen LogP contribution in [0.5, 0.6) is 0 Å². The molecule has 3 rings (SSSR count). The number of ketones is 1. The molecule has 4 amide bonds. The molecule has 0 unspecified atom stereocenters. The molecule has 0 fully saturated rings. The van der Waals surface area contributed by atoms with Crippen LogP contribution in [0.25, 0.3) is 0 Å². The van der Waals surface area contributed by atoms with Gasteiger partial charge < -0.3 is 15.7 Å². The number of hydrogen-bond acceptors (Lipinski definition) is 6. The van der Waals surface area contributed by atoms with E-state index in [4.69, 9.17) is 5.11 Å². The van der Waals surface area contributed by atoms with Gasteiger partial charge in [0, 0.05) is 43.1 Å². The SMILES string of the molecule is CC(=O)NC(C)C.CC(C)CC(=O)c1ccccc1C(=O)O.CC(C)CN1C(=O)c2ccc(C(=O)NC(C)C)cc2C1=O. The standard InChI is InChI=1S/C16H20N2O3.C12H14O3.C5H11NO/c1-9(2)8-18-15(20)12-6-5-11(7-13(12)16(18)21)14(19)17-10(3)4;1-8(2)7-11(13)9-5-3-4-6-10(9)12(14)15;1-4(2)6-5(3)7/h5-7,9-10H,8H2,1-4H3,(H,17,19);3-6,8H,7H2,1-2H3,(H,14,15);4H,1-3H3,(H,6,7). The molecule has 0 spiro atoms. The minimum atomic E-state index is -1.05. The van der Waals surface area contributed by atoms with Crippen molar-refractivity contribution >= 4 is 35.4 Å². The largest absolute Gasteiger partial charge is 0.478 e. The van der Waals surface area contributed by atoms with E-state index in [-0.39, 0.29) is 58.9 Å². The number of aromatic carboxylic acids is 1. The highest BCUT2D eigenvalue weighted by Crippen LogP contribution is 2.25. The van der Waals surface area contributed by atoms with E-state index in [1.165, 1.54) is 24.0 Å². The Morgan fingerprint density at radius 2 is 1.28 bits per heavy atom. The lowest BCUT2D eigenvalue weighted by molar-refractivity contribution is -0.119. The van der Waals surface area contributed by atoms with Crippen LogP contribution in [0.4, 0.5) is 0 Å². The van der Waals surface area contributed by atoms with Crippen molar-refractivity contribution in [3.63, 3.8) is 0 Å². The number of hydrogen-bond donors (Lipinski definition) is 3. The van der Waals surface area contributed by atoms with Crippen LogP contribution in [-0.4, -0.2) is 64.0 Å². The van der Waals surface area contributed by atoms with Crippen LogP contribution in [0.3, 0.4) is 0 Å². The number of Topliss-reactive ketones (excluding diaryl/α,β-unsaturated/α-hetero) is 1. The normalized spacial score (nSPS) is 12.0. The molecule has 0 radical (unpaired) electrons. The van der Waals surface area contributed by atoms with E-state index in [1.54, 1.807) is 30.3 Å². The molecule has 0 bridgehead atoms. The monoisotopic (exact) mass is 595 g/mol. The van der Waals surface area contributed by atoms with Crippen molar-refractivity contribution in [3.05, 3.63) is 70.3 Å². The summed E-state index contributed by atoms with van der Waals surface area (Å²) in [4.78, 5) is 70.5. The van der Waals surface area contributed by atoms with E-state index >= 15 is 0 Å². The first-order chi connectivity index (χ1) is 20.0. The Bertz CT molecular complexity index is 1330. The van der Waals surface area contributed by atoms with E-state index in [9.17, 15) is 28.8 Å². The van der Waals surface area contributed by atoms with Crippen molar-refractivity contribution in [2.24, 2.45) is 11.8 Å². The highest BCUT2D eigenvalue weighted by molar-refractivity contribution is 6.22. The Labute approximate surface area is 254 Å². The molecule has 10 heteroatoms. The molecule has 1 heterocycles. The number of nitrogens with zero attached hydrogens (tertiary/aromatic N) is 1. The number of imide groups is 1. The lowest BCUT2D eigenvalue weighted by atomic mass is 9.97. The number of benzene rings is 2. The molecule has 1 aliphatic rings. The number of carboxylic acids is 1. The Kier molecular flexibility index (Phi) is 14.5. The van der Waals surface area contributed by atoms with Gasteiger partial charge in [-0.3, -0.25) is 28.9 Å². The van der Waals surface area contributed by atoms with Gasteiger partial charge in [-0.15, -0.1) is 0 Å². The molecule has 43 heavy (non-hydrogen) atoms. The van der Waals surface area contributed by atoms with E-state index in [0.717, 1.165) is 0 Å². The van der Waals surface area contributed by atoms with E-state index in [1.807, 2.05) is 55.4 Å². The second kappa shape index (κ2) is 16.9. The van der Waals surface area contributed by atoms with Crippen LogP contribution in [0.2, 0.25) is 0 Å². The second-order valence-corrected chi connectivity index (χ2v) is 11.7. The molecule has 0 atom stereocenters. The fourth-order valence-corrected chi connectivity index (χ4v) is 4.11. The Balaban J connectivity index is 0.000000366. The zero-order valence-electron chi connectivity index (χ0n) is 26.6. The number of nitrogens with one attached hydrogen (secondary N) is 2. The van der Waals surface area contributed by atoms with Gasteiger partial charge in [-0.1, -0.05) is 45.9 Å². The quantitative estimate of drug-likeness (QED) is 0.266. The maximum Gasteiger partial charge on any atom is 0.336 e. The van der Waals surface area contributed by atoms with Gasteiger partial charge in [-0.05, 0) is 63.8 Å². The molecule has 0 aromatic heterocycles. The van der Waals surface area contributed by atoms with Crippen molar-refractivity contribution in [2.45, 2.75) is 80.8 Å². The van der Waals surface area contributed by atoms with Gasteiger partial charge in [-0.2, -0.15) is 0 Å². The number of carbonyl (C=O) groups excluding carboxylic acids is 5. The lowest BCUT2D eigenvalue weighted by Gasteiger charge is -2.15. The molecule has 10 nitrogen and oxygen atoms in total. The maximum atomic E-state index is 12.3. The first-order valence-corrected chi connectivity index (χ1v) is 14.4. The molecule has 3 N–H and O–H groups in total. The van der Waals surface area contributed by atoms with Crippen LogP contribution >= 0.6 is 0 Å². The zero-order chi connectivity index (χ0) is 33.0. The molecule has 234 valence electrons. The van der Waals surface area contributed by atoms with Crippen molar-refractivity contribution in [3.8, 4) is 0 Å². The summed E-state index contributed by atoms with van der Waals surface area (Å²) in [6.45, 7) is 17.3. The number of amides is 4. The number of fused-ring (bicyclic) bond motifs is 1. The average Bonchev–Trinajstić information content (AvgIpc) is 3.11. The van der Waals surface area contributed by atoms with Gasteiger partial charge in [0.25, 0.3) is 17.7 Å². The number of carbonyl (C=O) groups is 6. The summed E-state index contributed by atoms with van der Waals surface area (Å²) in [7, 11) is 0. The third-order valence-corrected chi connectivity index (χ3v) is 5.74. The molecule has 2 aromatic rings. The Morgan fingerprint density at radius 3 is 1.72 bits per heavy atom. The molecule has 1 aliphatic heterocycles. The van der Waals surface area contributed by atoms with Crippen molar-refractivity contribution in [2.75, 3.05) is 6.54 Å². The van der Waals surface area contributed by atoms with E-state index < -0.39 is 5.97 Å². The average molecular weight is 596 g/mol. The summed E-state index contributed by atoms with van der Waals surface area (Å²) in [5, 5.41) is 14.3. The summed E-state index contributed by atoms with van der Waals surface area (Å²) >= 11 is 0. The number of rotatable bonds is 9. The van der Waals surface area contributed by atoms with Gasteiger partial charge in [0.1, 0.15) is 0 Å². The third kappa shape index (κ3) is 11.8. The first kappa shape index (κ1) is 36.7. The highest BCUT2D eigenvalue weighted by Gasteiger charge is 2.36. The molecule has 0 saturated carbocycles. The predicted molar refractivity (Wildman–Crippen MR) is 165 cm³/mol. The summed E-state index contributed by atoms with van der Waals surface area (Å²) < 4.78 is 0. The van der Waals surface area contributed by atoms with Gasteiger partial charge in [0.05, 0.1) is 16.7 Å². The first-order valence-electron chi connectivity index (χ1n) is 14.4. The lowest BCUT2D eigenvalue weighted by Crippen LogP contribution is -2.33. The van der Waals surface area contributed by atoms with Gasteiger partial charge >= 0.3 is 5.97 Å². The molecular weight excluding hydrogens is 550 g/mol. The van der Waals surface area contributed by atoms with E-state index in [2.05, 4.69) is 10.6 Å². The fraction of sp³-hybridized carbons (Fsp3) is 0.455. The second-order valence-electron chi connectivity index (χ2n) is 11.7. The topological polar surface area (TPSA) is 150 Å². The summed E-state index contributed by atoms with van der Waals surface area (Å²) in [6.07, 6.45) is 0.379. The van der Waals surface area contributed by atoms with Crippen LogP contribution in [-0.2, 0) is 4.79 Å². The van der Waals surface area contributed by atoms with Crippen molar-refractivity contribution in [1.29, 1.82) is 0 Å². The Morgan fingerprint density at radius 1 is 0.744 bits per heavy atom. The van der Waals surface area contributed by atoms with Crippen molar-refractivity contribution < 1.29 is 33.9 Å². The number of carboxylic acid groups (broad SMARTS) is 1. The highest BCUT2D eigenvalue weighted by atomic mass is 16.4. The summed E-state index contributed by atoms with van der Waals surface area (Å²) in [6, 6.07) is 11.3. The van der Waals surface area contributed by atoms with E-state index in [0.29, 0.717) is 35.2 Å². The smallest absolute Gasteiger partial charge is 0.336 e. The minimum Gasteiger partial charge on any atom is -0.478 e. The fourth-order valence-electron chi connectivity index (χ4n) is 4.11. The maximum absolute atomic E-state index is 12.3. The van der Waals surface area contributed by atoms with Crippen LogP contribution in [0.15, 0.2) is 42.5 Å². The third-order valence-electron chi connectivity index (χ3n) is 5.74. The van der Waals surface area contributed by atoms with Crippen LogP contribution in [0.1, 0.15) is 121 Å². The molecule has 0 aliphatic carbocycles. The zero-order valence-corrected chi connectivity index (χ0v) is 26.6. The summed E-state index contributed by atoms with van der Waals surface area (Å²) in [5.41, 5.74) is 1.48. The van der Waals surface area contributed by atoms with Crippen LogP contribution in [0, 0.1) is 11.8 Å². The minimum absolute atomic E-state index is 0.0144. The van der Waals surface area contributed by atoms with Gasteiger partial charge in [0.2, 0.25) is 5.91 Å². The summed E-state index contributed by atoms with van der Waals surface area (Å²) in [5.74, 6) is -1.52. The molecule has 2 aromatic carbocycles. The van der Waals surface area contributed by atoms with Crippen molar-refractivity contribution in [1.82, 2.24) is 15.5 Å². The van der Waals surface area contributed by atoms with Gasteiger partial charge in [-0.25, -0.2) is 4.79 Å². The Hall–Kier alpha value is -4.34. The molecular formula is C33H45N3O7. The predicted octanol–water partition coefficient (Wildman–Crippen LogP) is 5.22. The van der Waals surface area contributed by atoms with Gasteiger partial charge in [0.15, 0.2) is 5.78 Å².